The van der Waals surface area contributed by atoms with E-state index in [4.69, 9.17) is 0 Å². The monoisotopic (exact) mass is 182 g/mol. The molecule has 0 atom stereocenters. The van der Waals surface area contributed by atoms with Crippen molar-refractivity contribution in [1.82, 2.24) is 0 Å². The fourth-order valence-electron chi connectivity index (χ4n) is 1.22. The van der Waals surface area contributed by atoms with E-state index in [9.17, 15) is 18.0 Å². The minimum absolute atomic E-state index is 0.515. The first-order chi connectivity index (χ1) is 5.50. The van der Waals surface area contributed by atoms with Gasteiger partial charge in [0.25, 0.3) is 0 Å². The van der Waals surface area contributed by atoms with Crippen molar-refractivity contribution in [3.05, 3.63) is 0 Å². The van der Waals surface area contributed by atoms with Gasteiger partial charge in [-0.3, -0.25) is 0 Å². The summed E-state index contributed by atoms with van der Waals surface area (Å²) in [4.78, 5) is 10.3. The van der Waals surface area contributed by atoms with Gasteiger partial charge < -0.3 is 4.74 Å². The SMILES string of the molecule is O=C(OC1CCCC1)C(F)(F)F. The van der Waals surface area contributed by atoms with Crippen molar-refractivity contribution < 1.29 is 22.7 Å². The number of carbonyl (C=O) groups is 1. The minimum Gasteiger partial charge on any atom is -0.456 e. The number of ether oxygens (including phenoxy) is 1. The molecule has 0 aromatic heterocycles. The minimum atomic E-state index is -4.84. The van der Waals surface area contributed by atoms with Gasteiger partial charge in [0.15, 0.2) is 0 Å². The third-order valence-corrected chi connectivity index (χ3v) is 1.81. The van der Waals surface area contributed by atoms with Crippen LogP contribution in [0.1, 0.15) is 25.7 Å². The molecule has 5 heteroatoms. The molecule has 0 aromatic carbocycles. The van der Waals surface area contributed by atoms with Gasteiger partial charge in [-0.25, -0.2) is 4.79 Å². The predicted octanol–water partition coefficient (Wildman–Crippen LogP) is 2.03. The van der Waals surface area contributed by atoms with Gasteiger partial charge in [0.1, 0.15) is 6.10 Å². The van der Waals surface area contributed by atoms with Crippen LogP contribution in [-0.2, 0) is 9.53 Å². The molecule has 2 nitrogen and oxygen atoms in total. The van der Waals surface area contributed by atoms with Crippen LogP contribution >= 0.6 is 0 Å². The molecule has 0 heterocycles. The van der Waals surface area contributed by atoms with E-state index >= 15 is 0 Å². The second-order valence-electron chi connectivity index (χ2n) is 2.81. The molecule has 0 radical (unpaired) electrons. The fourth-order valence-corrected chi connectivity index (χ4v) is 1.22. The normalized spacial score (nSPS) is 19.6. The lowest BCUT2D eigenvalue weighted by atomic mass is 10.3. The molecule has 0 aliphatic heterocycles. The van der Waals surface area contributed by atoms with Crippen LogP contribution in [0.15, 0.2) is 0 Å². The zero-order chi connectivity index (χ0) is 9.19. The summed E-state index contributed by atoms with van der Waals surface area (Å²) >= 11 is 0. The Morgan fingerprint density at radius 2 is 1.75 bits per heavy atom. The molecule has 0 aromatic rings. The zero-order valence-corrected chi connectivity index (χ0v) is 6.36. The standard InChI is InChI=1S/C7H9F3O2/c8-7(9,10)6(11)12-5-3-1-2-4-5/h5H,1-4H2. The highest BCUT2D eigenvalue weighted by molar-refractivity contribution is 5.75. The Kier molecular flexibility index (Phi) is 2.59. The number of alkyl halides is 3. The molecular formula is C7H9F3O2. The maximum atomic E-state index is 11.6. The van der Waals surface area contributed by atoms with Crippen molar-refractivity contribution in [1.29, 1.82) is 0 Å². The van der Waals surface area contributed by atoms with Crippen molar-refractivity contribution in [3.8, 4) is 0 Å². The molecule has 0 unspecified atom stereocenters. The van der Waals surface area contributed by atoms with E-state index in [1.165, 1.54) is 0 Å². The van der Waals surface area contributed by atoms with Crippen LogP contribution in [0.4, 0.5) is 13.2 Å². The quantitative estimate of drug-likeness (QED) is 0.580. The Morgan fingerprint density at radius 1 is 1.25 bits per heavy atom. The highest BCUT2D eigenvalue weighted by atomic mass is 19.4. The number of rotatable bonds is 1. The van der Waals surface area contributed by atoms with Crippen molar-refractivity contribution in [2.45, 2.75) is 38.0 Å². The lowest BCUT2D eigenvalue weighted by Gasteiger charge is -2.12. The van der Waals surface area contributed by atoms with Gasteiger partial charge in [0.05, 0.1) is 0 Å². The van der Waals surface area contributed by atoms with Crippen LogP contribution < -0.4 is 0 Å². The Morgan fingerprint density at radius 3 is 2.17 bits per heavy atom. The highest BCUT2D eigenvalue weighted by Gasteiger charge is 2.42. The Hall–Kier alpha value is -0.740. The molecule has 1 aliphatic rings. The number of esters is 1. The average Bonchev–Trinajstić information content (AvgIpc) is 2.37. The van der Waals surface area contributed by atoms with Crippen LogP contribution in [0.25, 0.3) is 0 Å². The largest absolute Gasteiger partial charge is 0.490 e. The summed E-state index contributed by atoms with van der Waals surface area (Å²) in [6.07, 6.45) is -2.56. The van der Waals surface area contributed by atoms with Crippen molar-refractivity contribution >= 4 is 5.97 Å². The number of hydrogen-bond acceptors (Lipinski definition) is 2. The summed E-state index contributed by atoms with van der Waals surface area (Å²) in [7, 11) is 0. The first-order valence-corrected chi connectivity index (χ1v) is 3.78. The number of carbonyl (C=O) groups excluding carboxylic acids is 1. The van der Waals surface area contributed by atoms with E-state index in [2.05, 4.69) is 4.74 Å². The van der Waals surface area contributed by atoms with E-state index < -0.39 is 18.2 Å². The summed E-state index contributed by atoms with van der Waals surface area (Å²) in [6.45, 7) is 0. The van der Waals surface area contributed by atoms with Crippen molar-refractivity contribution in [2.75, 3.05) is 0 Å². The lowest BCUT2D eigenvalue weighted by Crippen LogP contribution is -2.28. The van der Waals surface area contributed by atoms with Gasteiger partial charge in [-0.1, -0.05) is 0 Å². The molecule has 0 N–H and O–H groups in total. The summed E-state index contributed by atoms with van der Waals surface area (Å²) in [5, 5.41) is 0. The molecule has 0 spiro atoms. The molecule has 12 heavy (non-hydrogen) atoms. The first-order valence-electron chi connectivity index (χ1n) is 3.78. The smallest absolute Gasteiger partial charge is 0.456 e. The summed E-state index contributed by atoms with van der Waals surface area (Å²) < 4.78 is 39.1. The zero-order valence-electron chi connectivity index (χ0n) is 6.36. The van der Waals surface area contributed by atoms with Crippen molar-refractivity contribution in [2.24, 2.45) is 0 Å². The lowest BCUT2D eigenvalue weighted by molar-refractivity contribution is -0.204. The summed E-state index contributed by atoms with van der Waals surface area (Å²) in [5.41, 5.74) is 0. The van der Waals surface area contributed by atoms with E-state index in [0.29, 0.717) is 12.8 Å². The first kappa shape index (κ1) is 9.35. The molecule has 0 saturated heterocycles. The van der Waals surface area contributed by atoms with Crippen LogP contribution in [-0.4, -0.2) is 18.2 Å². The molecule has 1 aliphatic carbocycles. The topological polar surface area (TPSA) is 26.3 Å². The van der Waals surface area contributed by atoms with E-state index in [1.807, 2.05) is 0 Å². The second-order valence-corrected chi connectivity index (χ2v) is 2.81. The van der Waals surface area contributed by atoms with Gasteiger partial charge in [-0.2, -0.15) is 13.2 Å². The van der Waals surface area contributed by atoms with Gasteiger partial charge >= 0.3 is 12.1 Å². The third-order valence-electron chi connectivity index (χ3n) is 1.81. The summed E-state index contributed by atoms with van der Waals surface area (Å²) in [5.74, 6) is -2.06. The van der Waals surface area contributed by atoms with Gasteiger partial charge in [-0.05, 0) is 25.7 Å². The van der Waals surface area contributed by atoms with Crippen LogP contribution in [0.5, 0.6) is 0 Å². The predicted molar refractivity (Wildman–Crippen MR) is 34.4 cm³/mol. The molecule has 70 valence electrons. The molecular weight excluding hydrogens is 173 g/mol. The van der Waals surface area contributed by atoms with Crippen LogP contribution in [0.3, 0.4) is 0 Å². The van der Waals surface area contributed by atoms with Gasteiger partial charge in [0.2, 0.25) is 0 Å². The van der Waals surface area contributed by atoms with E-state index in [1.54, 1.807) is 0 Å². The van der Waals surface area contributed by atoms with Gasteiger partial charge in [-0.15, -0.1) is 0 Å². The fraction of sp³-hybridized carbons (Fsp3) is 0.857. The molecule has 1 rings (SSSR count). The number of halogens is 3. The maximum Gasteiger partial charge on any atom is 0.490 e. The van der Waals surface area contributed by atoms with Crippen LogP contribution in [0.2, 0.25) is 0 Å². The Balaban J connectivity index is 2.35. The highest BCUT2D eigenvalue weighted by Crippen LogP contribution is 2.24. The average molecular weight is 182 g/mol. The van der Waals surface area contributed by atoms with E-state index in [0.717, 1.165) is 12.8 Å². The Bertz CT molecular complexity index is 170. The number of hydrogen-bond donors (Lipinski definition) is 0. The van der Waals surface area contributed by atoms with E-state index in [-0.39, 0.29) is 0 Å². The third kappa shape index (κ3) is 2.39. The van der Waals surface area contributed by atoms with Crippen molar-refractivity contribution in [3.63, 3.8) is 0 Å². The molecule has 0 amide bonds. The Labute approximate surface area is 67.7 Å². The second kappa shape index (κ2) is 3.33. The molecule has 1 saturated carbocycles. The van der Waals surface area contributed by atoms with Crippen LogP contribution in [0, 0.1) is 0 Å². The maximum absolute atomic E-state index is 11.6. The van der Waals surface area contributed by atoms with Gasteiger partial charge in [0, 0.05) is 0 Å². The molecule has 0 bridgehead atoms. The summed E-state index contributed by atoms with van der Waals surface area (Å²) in [6, 6.07) is 0. The molecule has 1 fully saturated rings.